The molecule has 156 valence electrons. The molecule has 0 aliphatic heterocycles. The maximum absolute atomic E-state index is 13.1. The third-order valence-electron chi connectivity index (χ3n) is 5.75. The van der Waals surface area contributed by atoms with Crippen LogP contribution in [-0.4, -0.2) is 29.0 Å². The van der Waals surface area contributed by atoms with Gasteiger partial charge in [0.2, 0.25) is 0 Å². The van der Waals surface area contributed by atoms with E-state index in [9.17, 15) is 14.9 Å². The van der Waals surface area contributed by atoms with Crippen LogP contribution < -0.4 is 5.32 Å². The number of carbonyl (C=O) groups excluding carboxylic acids is 2. The molecule has 0 unspecified atom stereocenters. The van der Waals surface area contributed by atoms with Gasteiger partial charge in [-0.25, -0.2) is 9.78 Å². The van der Waals surface area contributed by atoms with Gasteiger partial charge < -0.3 is 10.1 Å². The molecule has 0 bridgehead atoms. The second-order valence-electron chi connectivity index (χ2n) is 8.06. The molecule has 4 rings (SSSR count). The first-order valence-corrected chi connectivity index (χ1v) is 10.3. The Hall–Kier alpha value is -3.72. The second kappa shape index (κ2) is 8.19. The predicted octanol–water partition coefficient (Wildman–Crippen LogP) is 4.18. The van der Waals surface area contributed by atoms with Gasteiger partial charge in [-0.15, -0.1) is 0 Å². The molecule has 1 heterocycles. The lowest BCUT2D eigenvalue weighted by atomic mass is 9.97. The molecule has 1 aliphatic carbocycles. The molecule has 2 aromatic carbocycles. The average molecular weight is 413 g/mol. The fraction of sp³-hybridized carbons (Fsp3) is 0.280. The molecule has 1 aromatic heterocycles. The number of nitrogens with one attached hydrogen (secondary N) is 1. The van der Waals surface area contributed by atoms with Gasteiger partial charge in [-0.3, -0.25) is 4.79 Å². The fourth-order valence-corrected chi connectivity index (χ4v) is 3.86. The highest BCUT2D eigenvalue weighted by Crippen LogP contribution is 2.39. The number of amides is 1. The number of aromatic nitrogens is 1. The minimum Gasteiger partial charge on any atom is -0.452 e. The molecule has 6 nitrogen and oxygen atoms in total. The van der Waals surface area contributed by atoms with Crippen LogP contribution in [0.25, 0.3) is 22.2 Å². The van der Waals surface area contributed by atoms with E-state index in [1.807, 2.05) is 61.5 Å². The molecule has 1 atom stereocenters. The van der Waals surface area contributed by atoms with Crippen LogP contribution in [-0.2, 0) is 9.53 Å². The summed E-state index contributed by atoms with van der Waals surface area (Å²) in [7, 11) is 0. The zero-order valence-electron chi connectivity index (χ0n) is 17.5. The molecule has 0 saturated heterocycles. The third-order valence-corrected chi connectivity index (χ3v) is 5.75. The van der Waals surface area contributed by atoms with E-state index < -0.39 is 24.0 Å². The van der Waals surface area contributed by atoms with E-state index in [4.69, 9.17) is 9.72 Å². The smallest absolute Gasteiger partial charge is 0.339 e. The van der Waals surface area contributed by atoms with Gasteiger partial charge in [-0.1, -0.05) is 48.5 Å². The maximum atomic E-state index is 13.1. The van der Waals surface area contributed by atoms with Gasteiger partial charge >= 0.3 is 5.97 Å². The van der Waals surface area contributed by atoms with Crippen molar-refractivity contribution in [1.82, 2.24) is 10.3 Å². The molecule has 0 spiro atoms. The number of nitriles is 1. The third kappa shape index (κ3) is 4.13. The summed E-state index contributed by atoms with van der Waals surface area (Å²) in [4.78, 5) is 30.2. The molecule has 3 aromatic rings. The highest BCUT2D eigenvalue weighted by Gasteiger charge is 2.43. The van der Waals surface area contributed by atoms with Crippen LogP contribution in [0.2, 0.25) is 0 Å². The first-order chi connectivity index (χ1) is 14.9. The number of benzene rings is 2. The van der Waals surface area contributed by atoms with Gasteiger partial charge in [0, 0.05) is 10.9 Å². The van der Waals surface area contributed by atoms with Gasteiger partial charge in [0.25, 0.3) is 5.91 Å². The van der Waals surface area contributed by atoms with E-state index in [1.54, 1.807) is 6.92 Å². The second-order valence-corrected chi connectivity index (χ2v) is 8.06. The Morgan fingerprint density at radius 1 is 1.16 bits per heavy atom. The molecule has 1 N–H and O–H groups in total. The van der Waals surface area contributed by atoms with Crippen LogP contribution in [0.15, 0.2) is 54.6 Å². The van der Waals surface area contributed by atoms with Crippen LogP contribution >= 0.6 is 0 Å². The lowest BCUT2D eigenvalue weighted by Crippen LogP contribution is -2.48. The highest BCUT2D eigenvalue weighted by molar-refractivity contribution is 6.06. The number of hydrogen-bond donors (Lipinski definition) is 1. The zero-order chi connectivity index (χ0) is 22.0. The molecule has 1 aliphatic rings. The van der Waals surface area contributed by atoms with Crippen LogP contribution in [0.1, 0.15) is 35.7 Å². The van der Waals surface area contributed by atoms with Gasteiger partial charge in [-0.05, 0) is 44.2 Å². The number of esters is 1. The lowest BCUT2D eigenvalue weighted by Gasteiger charge is -2.22. The minimum atomic E-state index is -0.927. The summed E-state index contributed by atoms with van der Waals surface area (Å²) >= 11 is 0. The lowest BCUT2D eigenvalue weighted by molar-refractivity contribution is -0.125. The standard InChI is InChI=1S/C25H23N3O3/c1-16-22(24(30)31-14-21(29)28-25(2,15-26)18-12-13-18)19-10-6-7-11-20(19)27-23(16)17-8-4-3-5-9-17/h3-11,18H,12-14H2,1-2H3,(H,28,29)/t25-/m0/s1. The van der Waals surface area contributed by atoms with Gasteiger partial charge in [-0.2, -0.15) is 5.26 Å². The molecule has 1 amide bonds. The van der Waals surface area contributed by atoms with Gasteiger partial charge in [0.15, 0.2) is 6.61 Å². The number of hydrogen-bond acceptors (Lipinski definition) is 5. The van der Waals surface area contributed by atoms with Crippen molar-refractivity contribution < 1.29 is 14.3 Å². The van der Waals surface area contributed by atoms with Crippen LogP contribution in [0.5, 0.6) is 0 Å². The summed E-state index contributed by atoms with van der Waals surface area (Å²) in [5.74, 6) is -0.922. The number of rotatable bonds is 6. The molecule has 0 radical (unpaired) electrons. The summed E-state index contributed by atoms with van der Waals surface area (Å²) in [6.07, 6.45) is 1.82. The first-order valence-electron chi connectivity index (χ1n) is 10.3. The van der Waals surface area contributed by atoms with Crippen LogP contribution in [0, 0.1) is 24.2 Å². The normalized spacial score (nSPS) is 15.0. The Morgan fingerprint density at radius 3 is 2.52 bits per heavy atom. The monoisotopic (exact) mass is 413 g/mol. The predicted molar refractivity (Wildman–Crippen MR) is 117 cm³/mol. The maximum Gasteiger partial charge on any atom is 0.339 e. The van der Waals surface area contributed by atoms with E-state index in [2.05, 4.69) is 11.4 Å². The van der Waals surface area contributed by atoms with Crippen molar-refractivity contribution in [1.29, 1.82) is 5.26 Å². The fourth-order valence-electron chi connectivity index (χ4n) is 3.86. The van der Waals surface area contributed by atoms with E-state index in [0.29, 0.717) is 27.7 Å². The number of fused-ring (bicyclic) bond motifs is 1. The summed E-state index contributed by atoms with van der Waals surface area (Å²) in [6, 6.07) is 19.2. The Morgan fingerprint density at radius 2 is 1.84 bits per heavy atom. The van der Waals surface area contributed by atoms with Gasteiger partial charge in [0.1, 0.15) is 5.54 Å². The molecular weight excluding hydrogens is 390 g/mol. The Kier molecular flexibility index (Phi) is 5.43. The summed E-state index contributed by atoms with van der Waals surface area (Å²) in [5.41, 5.74) is 2.42. The number of pyridine rings is 1. The largest absolute Gasteiger partial charge is 0.452 e. The topological polar surface area (TPSA) is 92.1 Å². The number of para-hydroxylation sites is 1. The van der Waals surface area contributed by atoms with Crippen molar-refractivity contribution in [2.24, 2.45) is 5.92 Å². The SMILES string of the molecule is Cc1c(-c2ccccc2)nc2ccccc2c1C(=O)OCC(=O)N[C@@](C)(C#N)C1CC1. The number of nitrogens with zero attached hydrogens (tertiary/aromatic N) is 2. The molecule has 6 heteroatoms. The Balaban J connectivity index is 1.61. The highest BCUT2D eigenvalue weighted by atomic mass is 16.5. The summed E-state index contributed by atoms with van der Waals surface area (Å²) in [5, 5.41) is 12.8. The van der Waals surface area contributed by atoms with Crippen LogP contribution in [0.3, 0.4) is 0 Å². The summed E-state index contributed by atoms with van der Waals surface area (Å²) in [6.45, 7) is 3.09. The minimum absolute atomic E-state index is 0.150. The number of ether oxygens (including phenoxy) is 1. The van der Waals surface area contributed by atoms with Crippen molar-refractivity contribution in [3.05, 3.63) is 65.7 Å². The van der Waals surface area contributed by atoms with Crippen LogP contribution in [0.4, 0.5) is 0 Å². The molecule has 31 heavy (non-hydrogen) atoms. The van der Waals surface area contributed by atoms with Crippen molar-refractivity contribution in [2.45, 2.75) is 32.2 Å². The van der Waals surface area contributed by atoms with Gasteiger partial charge in [0.05, 0.1) is 22.8 Å². The quantitative estimate of drug-likeness (QED) is 0.612. The molecule has 1 saturated carbocycles. The first kappa shape index (κ1) is 20.5. The van der Waals surface area contributed by atoms with Crippen molar-refractivity contribution >= 4 is 22.8 Å². The molecule has 1 fully saturated rings. The van der Waals surface area contributed by atoms with Crippen molar-refractivity contribution in [3.63, 3.8) is 0 Å². The Bertz CT molecular complexity index is 1200. The molecular formula is C25H23N3O3. The Labute approximate surface area is 180 Å². The van der Waals surface area contributed by atoms with E-state index in [1.165, 1.54) is 0 Å². The van der Waals surface area contributed by atoms with Crippen molar-refractivity contribution in [2.75, 3.05) is 6.61 Å². The number of carbonyl (C=O) groups is 2. The van der Waals surface area contributed by atoms with E-state index in [-0.39, 0.29) is 5.92 Å². The zero-order valence-corrected chi connectivity index (χ0v) is 17.5. The van der Waals surface area contributed by atoms with E-state index in [0.717, 1.165) is 18.4 Å². The van der Waals surface area contributed by atoms with Crippen molar-refractivity contribution in [3.8, 4) is 17.3 Å². The summed E-state index contributed by atoms with van der Waals surface area (Å²) < 4.78 is 5.37. The van der Waals surface area contributed by atoms with E-state index >= 15 is 0 Å². The average Bonchev–Trinajstić information content (AvgIpc) is 3.64.